The summed E-state index contributed by atoms with van der Waals surface area (Å²) in [5.74, 6) is -1.90. The Hall–Kier alpha value is -1.41. The van der Waals surface area contributed by atoms with Crippen LogP contribution in [0.25, 0.3) is 0 Å². The number of thiophene rings is 1. The molecule has 1 amide bonds. The Morgan fingerprint density at radius 3 is 2.44 bits per heavy atom. The molecule has 0 bridgehead atoms. The van der Waals surface area contributed by atoms with Crippen LogP contribution in [0.4, 0.5) is 5.00 Å². The number of hydrogen-bond acceptors (Lipinski definition) is 5. The van der Waals surface area contributed by atoms with E-state index in [9.17, 15) is 18.0 Å². The van der Waals surface area contributed by atoms with Crippen molar-refractivity contribution in [1.29, 1.82) is 0 Å². The number of carbonyl (C=O) groups is 2. The molecule has 2 N–H and O–H groups in total. The van der Waals surface area contributed by atoms with Gasteiger partial charge >= 0.3 is 5.97 Å². The predicted octanol–water partition coefficient (Wildman–Crippen LogP) is 1.13. The Morgan fingerprint density at radius 1 is 1.44 bits per heavy atom. The van der Waals surface area contributed by atoms with E-state index in [4.69, 9.17) is 5.11 Å². The molecule has 1 atom stereocenters. The van der Waals surface area contributed by atoms with Crippen LogP contribution in [0.3, 0.4) is 0 Å². The summed E-state index contributed by atoms with van der Waals surface area (Å²) in [7, 11) is -3.50. The number of aromatic carboxylic acids is 1. The maximum atomic E-state index is 11.7. The van der Waals surface area contributed by atoms with E-state index in [1.165, 1.54) is 13.0 Å². The van der Waals surface area contributed by atoms with Crippen molar-refractivity contribution in [2.75, 3.05) is 11.6 Å². The molecule has 1 rings (SSSR count). The van der Waals surface area contributed by atoms with Gasteiger partial charge in [0.25, 0.3) is 0 Å². The highest BCUT2D eigenvalue weighted by Crippen LogP contribution is 2.27. The van der Waals surface area contributed by atoms with Crippen LogP contribution < -0.4 is 5.32 Å². The van der Waals surface area contributed by atoms with Gasteiger partial charge in [0.15, 0.2) is 9.84 Å². The van der Waals surface area contributed by atoms with Crippen molar-refractivity contribution in [1.82, 2.24) is 0 Å². The fourth-order valence-corrected chi connectivity index (χ4v) is 2.53. The van der Waals surface area contributed by atoms with Crippen molar-refractivity contribution in [2.45, 2.75) is 19.1 Å². The largest absolute Gasteiger partial charge is 0.478 e. The van der Waals surface area contributed by atoms with Crippen LogP contribution in [0.5, 0.6) is 0 Å². The average molecular weight is 291 g/mol. The van der Waals surface area contributed by atoms with E-state index < -0.39 is 27.0 Å². The van der Waals surface area contributed by atoms with E-state index in [1.807, 2.05) is 0 Å². The first-order valence-electron chi connectivity index (χ1n) is 4.96. The van der Waals surface area contributed by atoms with Gasteiger partial charge in [0.05, 0.1) is 5.56 Å². The highest BCUT2D eigenvalue weighted by molar-refractivity contribution is 7.92. The number of carboxylic acids is 1. The Kier molecular flexibility index (Phi) is 4.12. The lowest BCUT2D eigenvalue weighted by atomic mass is 10.3. The van der Waals surface area contributed by atoms with E-state index in [0.717, 1.165) is 22.5 Å². The fourth-order valence-electron chi connectivity index (χ4n) is 1.17. The van der Waals surface area contributed by atoms with Gasteiger partial charge in [0.2, 0.25) is 5.91 Å². The molecule has 0 saturated heterocycles. The number of carbonyl (C=O) groups excluding carboxylic acids is 1. The monoisotopic (exact) mass is 291 g/mol. The van der Waals surface area contributed by atoms with E-state index in [0.29, 0.717) is 0 Å². The summed E-state index contributed by atoms with van der Waals surface area (Å²) in [6, 6.07) is 1.42. The first-order chi connectivity index (χ1) is 8.12. The van der Waals surface area contributed by atoms with Crippen molar-refractivity contribution >= 4 is 38.1 Å². The molecule has 1 unspecified atom stereocenters. The van der Waals surface area contributed by atoms with Gasteiger partial charge in [-0.05, 0) is 19.9 Å². The Balaban J connectivity index is 2.99. The minimum atomic E-state index is -3.50. The highest BCUT2D eigenvalue weighted by atomic mass is 32.2. The summed E-state index contributed by atoms with van der Waals surface area (Å²) in [4.78, 5) is 23.3. The van der Waals surface area contributed by atoms with Gasteiger partial charge in [-0.25, -0.2) is 13.2 Å². The molecule has 0 spiro atoms. The lowest BCUT2D eigenvalue weighted by molar-refractivity contribution is -0.115. The standard InChI is InChI=1S/C10H13NO5S2/c1-5-4-7(10(13)14)9(17-5)11-8(12)6(2)18(3,15)16/h4,6H,1-3H3,(H,11,12)(H,13,14). The summed E-state index contributed by atoms with van der Waals surface area (Å²) in [6.45, 7) is 2.96. The maximum Gasteiger partial charge on any atom is 0.338 e. The number of amides is 1. The lowest BCUT2D eigenvalue weighted by Crippen LogP contribution is -2.31. The van der Waals surface area contributed by atoms with Gasteiger partial charge in [-0.3, -0.25) is 4.79 Å². The number of anilines is 1. The average Bonchev–Trinajstić information content (AvgIpc) is 2.57. The highest BCUT2D eigenvalue weighted by Gasteiger charge is 2.25. The van der Waals surface area contributed by atoms with Crippen molar-refractivity contribution < 1.29 is 23.1 Å². The van der Waals surface area contributed by atoms with Crippen LogP contribution >= 0.6 is 11.3 Å². The second-order valence-electron chi connectivity index (χ2n) is 3.87. The molecule has 18 heavy (non-hydrogen) atoms. The van der Waals surface area contributed by atoms with E-state index in [2.05, 4.69) is 5.32 Å². The minimum absolute atomic E-state index is 0.0356. The van der Waals surface area contributed by atoms with Crippen LogP contribution in [-0.4, -0.2) is 36.9 Å². The minimum Gasteiger partial charge on any atom is -0.478 e. The molecule has 6 nitrogen and oxygen atoms in total. The molecule has 0 aromatic carbocycles. The van der Waals surface area contributed by atoms with Gasteiger partial charge in [-0.2, -0.15) is 0 Å². The third-order valence-corrected chi connectivity index (χ3v) is 4.80. The van der Waals surface area contributed by atoms with Gasteiger partial charge in [0.1, 0.15) is 10.3 Å². The number of hydrogen-bond donors (Lipinski definition) is 2. The van der Waals surface area contributed by atoms with E-state index >= 15 is 0 Å². The molecule has 0 radical (unpaired) electrons. The topological polar surface area (TPSA) is 101 Å². The second-order valence-corrected chi connectivity index (χ2v) is 7.49. The summed E-state index contributed by atoms with van der Waals surface area (Å²) >= 11 is 1.09. The Labute approximate surface area is 109 Å². The number of carboxylic acid groups (broad SMARTS) is 1. The summed E-state index contributed by atoms with van der Waals surface area (Å²) < 4.78 is 22.4. The molecular weight excluding hydrogens is 278 g/mol. The molecule has 0 aliphatic rings. The number of nitrogens with one attached hydrogen (secondary N) is 1. The van der Waals surface area contributed by atoms with Crippen molar-refractivity contribution in [2.24, 2.45) is 0 Å². The molecule has 8 heteroatoms. The molecule has 0 fully saturated rings. The Bertz CT molecular complexity index is 587. The zero-order valence-electron chi connectivity index (χ0n) is 10.1. The normalized spacial score (nSPS) is 13.1. The van der Waals surface area contributed by atoms with E-state index in [-0.39, 0.29) is 10.6 Å². The molecule has 100 valence electrons. The molecule has 1 aromatic heterocycles. The maximum absolute atomic E-state index is 11.7. The van der Waals surface area contributed by atoms with Crippen molar-refractivity contribution in [3.8, 4) is 0 Å². The number of sulfone groups is 1. The third-order valence-electron chi connectivity index (χ3n) is 2.33. The molecule has 1 heterocycles. The SMILES string of the molecule is Cc1cc(C(=O)O)c(NC(=O)C(C)S(C)(=O)=O)s1. The molecule has 0 aliphatic carbocycles. The predicted molar refractivity (Wildman–Crippen MR) is 69.0 cm³/mol. The summed E-state index contributed by atoms with van der Waals surface area (Å²) in [5.41, 5.74) is -0.0356. The van der Waals surface area contributed by atoms with Gasteiger partial charge < -0.3 is 10.4 Å². The molecule has 1 aromatic rings. The first-order valence-corrected chi connectivity index (χ1v) is 7.73. The molecule has 0 saturated carbocycles. The molecular formula is C10H13NO5S2. The zero-order valence-corrected chi connectivity index (χ0v) is 11.7. The van der Waals surface area contributed by atoms with Crippen LogP contribution in [0.2, 0.25) is 0 Å². The van der Waals surface area contributed by atoms with Crippen LogP contribution in [0.15, 0.2) is 6.07 Å². The van der Waals surface area contributed by atoms with Crippen molar-refractivity contribution in [3.05, 3.63) is 16.5 Å². The second kappa shape index (κ2) is 5.07. The van der Waals surface area contributed by atoms with Gasteiger partial charge in [0, 0.05) is 11.1 Å². The third kappa shape index (κ3) is 3.30. The first kappa shape index (κ1) is 14.7. The molecule has 0 aliphatic heterocycles. The lowest BCUT2D eigenvalue weighted by Gasteiger charge is -2.09. The zero-order chi connectivity index (χ0) is 14.1. The fraction of sp³-hybridized carbons (Fsp3) is 0.400. The quantitative estimate of drug-likeness (QED) is 0.866. The van der Waals surface area contributed by atoms with Crippen LogP contribution in [-0.2, 0) is 14.6 Å². The summed E-state index contributed by atoms with van der Waals surface area (Å²) in [5, 5.41) is 10.2. The van der Waals surface area contributed by atoms with Gasteiger partial charge in [-0.1, -0.05) is 0 Å². The van der Waals surface area contributed by atoms with E-state index in [1.54, 1.807) is 6.92 Å². The number of aryl methyl sites for hydroxylation is 1. The van der Waals surface area contributed by atoms with Crippen LogP contribution in [0.1, 0.15) is 22.2 Å². The Morgan fingerprint density at radius 2 is 2.00 bits per heavy atom. The smallest absolute Gasteiger partial charge is 0.338 e. The van der Waals surface area contributed by atoms with Crippen molar-refractivity contribution in [3.63, 3.8) is 0 Å². The summed E-state index contributed by atoms with van der Waals surface area (Å²) in [6.07, 6.45) is 0.953. The van der Waals surface area contributed by atoms with Gasteiger partial charge in [-0.15, -0.1) is 11.3 Å². The number of rotatable bonds is 4. The van der Waals surface area contributed by atoms with Crippen LogP contribution in [0, 0.1) is 6.92 Å².